The first-order chi connectivity index (χ1) is 9.13. The Morgan fingerprint density at radius 2 is 2.00 bits per heavy atom. The molecule has 1 aromatic heterocycles. The molecule has 0 bridgehead atoms. The van der Waals surface area contributed by atoms with Crippen LogP contribution in [-0.4, -0.2) is 10.9 Å². The van der Waals surface area contributed by atoms with Gasteiger partial charge in [0.25, 0.3) is 5.91 Å². The molecule has 2 aromatic rings. The number of amides is 1. The Bertz CT molecular complexity index is 661. The molecule has 1 amide bonds. The Labute approximate surface area is 126 Å². The van der Waals surface area contributed by atoms with Gasteiger partial charge in [0.15, 0.2) is 6.23 Å². The van der Waals surface area contributed by atoms with Crippen LogP contribution >= 0.6 is 31.9 Å². The fourth-order valence-electron chi connectivity index (χ4n) is 1.86. The fraction of sp³-hybridized carbons (Fsp3) is 0.0769. The highest BCUT2D eigenvalue weighted by Crippen LogP contribution is 2.31. The van der Waals surface area contributed by atoms with Gasteiger partial charge in [0, 0.05) is 26.9 Å². The van der Waals surface area contributed by atoms with Gasteiger partial charge in [-0.2, -0.15) is 0 Å². The third-order valence-electron chi connectivity index (χ3n) is 2.72. The van der Waals surface area contributed by atoms with Gasteiger partial charge in [-0.1, -0.05) is 15.9 Å². The van der Waals surface area contributed by atoms with Crippen LogP contribution in [0.1, 0.15) is 22.1 Å². The number of nitrogens with one attached hydrogen (secondary N) is 1. The Balaban J connectivity index is 1.97. The molecule has 3 rings (SSSR count). The van der Waals surface area contributed by atoms with Crippen LogP contribution in [0.15, 0.2) is 45.6 Å². The number of pyridine rings is 1. The molecule has 6 heteroatoms. The molecule has 0 radical (unpaired) electrons. The summed E-state index contributed by atoms with van der Waals surface area (Å²) in [5.41, 5.74) is 1.31. The minimum Gasteiger partial charge on any atom is -0.465 e. The third-order valence-corrected chi connectivity index (χ3v) is 3.65. The third kappa shape index (κ3) is 2.50. The number of rotatable bonds is 1. The van der Waals surface area contributed by atoms with Gasteiger partial charge in [0.2, 0.25) is 0 Å². The highest BCUT2D eigenvalue weighted by atomic mass is 79.9. The lowest BCUT2D eigenvalue weighted by Gasteiger charge is -2.27. The van der Waals surface area contributed by atoms with Gasteiger partial charge < -0.3 is 10.1 Å². The zero-order chi connectivity index (χ0) is 13.4. The maximum absolute atomic E-state index is 12.1. The van der Waals surface area contributed by atoms with E-state index in [0.717, 1.165) is 14.5 Å². The van der Waals surface area contributed by atoms with Gasteiger partial charge in [-0.3, -0.25) is 9.78 Å². The molecule has 1 atom stereocenters. The number of nitrogens with zero attached hydrogens (tertiary/aromatic N) is 1. The van der Waals surface area contributed by atoms with Crippen molar-refractivity contribution >= 4 is 37.8 Å². The molecule has 2 heterocycles. The Kier molecular flexibility index (Phi) is 3.28. The van der Waals surface area contributed by atoms with E-state index in [1.54, 1.807) is 24.5 Å². The van der Waals surface area contributed by atoms with E-state index in [2.05, 4.69) is 42.2 Å². The molecule has 19 heavy (non-hydrogen) atoms. The number of hydrogen-bond acceptors (Lipinski definition) is 3. The molecular weight excluding hydrogens is 376 g/mol. The molecular formula is C13H8Br2N2O2. The van der Waals surface area contributed by atoms with Crippen molar-refractivity contribution in [1.82, 2.24) is 10.3 Å². The summed E-state index contributed by atoms with van der Waals surface area (Å²) in [5, 5.41) is 2.80. The van der Waals surface area contributed by atoms with Gasteiger partial charge in [0.05, 0.1) is 5.56 Å². The number of hydrogen-bond donors (Lipinski definition) is 1. The van der Waals surface area contributed by atoms with Gasteiger partial charge in [-0.25, -0.2) is 0 Å². The quantitative estimate of drug-likeness (QED) is 0.820. The first-order valence-electron chi connectivity index (χ1n) is 5.51. The number of fused-ring (bicyclic) bond motifs is 1. The van der Waals surface area contributed by atoms with Crippen molar-refractivity contribution in [3.63, 3.8) is 0 Å². The van der Waals surface area contributed by atoms with Gasteiger partial charge >= 0.3 is 0 Å². The Morgan fingerprint density at radius 3 is 2.79 bits per heavy atom. The number of benzene rings is 1. The van der Waals surface area contributed by atoms with Crippen molar-refractivity contribution in [3.05, 3.63) is 56.7 Å². The average molecular weight is 384 g/mol. The van der Waals surface area contributed by atoms with E-state index in [-0.39, 0.29) is 5.91 Å². The zero-order valence-corrected chi connectivity index (χ0v) is 12.7. The standard InChI is InChI=1S/C13H8Br2N2O2/c14-8-1-2-11-10(4-8)12(18)17-13(19-11)7-3-9(15)6-16-5-7/h1-6,13H,(H,17,18). The molecule has 1 aromatic carbocycles. The van der Waals surface area contributed by atoms with E-state index < -0.39 is 6.23 Å². The summed E-state index contributed by atoms with van der Waals surface area (Å²) in [6.07, 6.45) is 2.82. The SMILES string of the molecule is O=C1NC(c2cncc(Br)c2)Oc2ccc(Br)cc21. The van der Waals surface area contributed by atoms with Crippen LogP contribution in [0.2, 0.25) is 0 Å². The number of aromatic nitrogens is 1. The van der Waals surface area contributed by atoms with Crippen LogP contribution < -0.4 is 10.1 Å². The summed E-state index contributed by atoms with van der Waals surface area (Å²) in [4.78, 5) is 16.1. The summed E-state index contributed by atoms with van der Waals surface area (Å²) in [7, 11) is 0. The molecule has 0 saturated carbocycles. The van der Waals surface area contributed by atoms with Crippen molar-refractivity contribution < 1.29 is 9.53 Å². The number of carbonyl (C=O) groups is 1. The normalized spacial score (nSPS) is 17.4. The van der Waals surface area contributed by atoms with E-state index in [4.69, 9.17) is 4.74 Å². The molecule has 1 N–H and O–H groups in total. The van der Waals surface area contributed by atoms with Crippen molar-refractivity contribution in [2.45, 2.75) is 6.23 Å². The second-order valence-electron chi connectivity index (χ2n) is 4.05. The summed E-state index contributed by atoms with van der Waals surface area (Å²) in [5.74, 6) is 0.407. The topological polar surface area (TPSA) is 51.2 Å². The first-order valence-corrected chi connectivity index (χ1v) is 7.09. The summed E-state index contributed by atoms with van der Waals surface area (Å²) < 4.78 is 7.46. The Hall–Kier alpha value is -1.40. The highest BCUT2D eigenvalue weighted by Gasteiger charge is 2.26. The molecule has 0 aliphatic carbocycles. The summed E-state index contributed by atoms with van der Waals surface area (Å²) in [6.45, 7) is 0. The zero-order valence-electron chi connectivity index (χ0n) is 9.56. The van der Waals surface area contributed by atoms with Crippen LogP contribution in [-0.2, 0) is 0 Å². The molecule has 1 aliphatic rings. The lowest BCUT2D eigenvalue weighted by atomic mass is 10.1. The van der Waals surface area contributed by atoms with Gasteiger partial charge in [-0.15, -0.1) is 0 Å². The Morgan fingerprint density at radius 1 is 1.16 bits per heavy atom. The molecule has 0 saturated heterocycles. The van der Waals surface area contributed by atoms with E-state index in [1.807, 2.05) is 12.1 Å². The predicted octanol–water partition coefficient (Wildman–Crippen LogP) is 3.43. The highest BCUT2D eigenvalue weighted by molar-refractivity contribution is 9.10. The van der Waals surface area contributed by atoms with E-state index in [1.165, 1.54) is 0 Å². The van der Waals surface area contributed by atoms with E-state index >= 15 is 0 Å². The maximum Gasteiger partial charge on any atom is 0.258 e. The van der Waals surface area contributed by atoms with Crippen LogP contribution in [0, 0.1) is 0 Å². The summed E-state index contributed by atoms with van der Waals surface area (Å²) >= 11 is 6.68. The largest absolute Gasteiger partial charge is 0.465 e. The van der Waals surface area contributed by atoms with E-state index in [9.17, 15) is 4.79 Å². The van der Waals surface area contributed by atoms with E-state index in [0.29, 0.717) is 11.3 Å². The van der Waals surface area contributed by atoms with Crippen LogP contribution in [0.25, 0.3) is 0 Å². The lowest BCUT2D eigenvalue weighted by Crippen LogP contribution is -2.36. The predicted molar refractivity (Wildman–Crippen MR) is 76.9 cm³/mol. The fourth-order valence-corrected chi connectivity index (χ4v) is 2.60. The molecule has 96 valence electrons. The molecule has 1 aliphatic heterocycles. The molecule has 1 unspecified atom stereocenters. The average Bonchev–Trinajstić information content (AvgIpc) is 2.39. The number of carbonyl (C=O) groups excluding carboxylic acids is 1. The van der Waals surface area contributed by atoms with Crippen molar-refractivity contribution in [1.29, 1.82) is 0 Å². The van der Waals surface area contributed by atoms with Crippen LogP contribution in [0.4, 0.5) is 0 Å². The lowest BCUT2D eigenvalue weighted by molar-refractivity contribution is 0.0755. The van der Waals surface area contributed by atoms with Crippen molar-refractivity contribution in [3.8, 4) is 5.75 Å². The van der Waals surface area contributed by atoms with Crippen LogP contribution in [0.5, 0.6) is 5.75 Å². The second-order valence-corrected chi connectivity index (χ2v) is 5.88. The smallest absolute Gasteiger partial charge is 0.258 e. The second kappa shape index (κ2) is 4.94. The first kappa shape index (κ1) is 12.6. The van der Waals surface area contributed by atoms with Crippen molar-refractivity contribution in [2.24, 2.45) is 0 Å². The molecule has 0 fully saturated rings. The minimum absolute atomic E-state index is 0.160. The van der Waals surface area contributed by atoms with Gasteiger partial charge in [0.1, 0.15) is 5.75 Å². The minimum atomic E-state index is -0.522. The monoisotopic (exact) mass is 382 g/mol. The van der Waals surface area contributed by atoms with Gasteiger partial charge in [-0.05, 0) is 40.2 Å². The van der Waals surface area contributed by atoms with Crippen molar-refractivity contribution in [2.75, 3.05) is 0 Å². The molecule has 4 nitrogen and oxygen atoms in total. The number of ether oxygens (including phenoxy) is 1. The maximum atomic E-state index is 12.1. The number of halogens is 2. The van der Waals surface area contributed by atoms with Crippen LogP contribution in [0.3, 0.4) is 0 Å². The molecule has 0 spiro atoms. The summed E-state index contributed by atoms with van der Waals surface area (Å²) in [6, 6.07) is 7.21.